The summed E-state index contributed by atoms with van der Waals surface area (Å²) in [6.45, 7) is 3.82. The Balaban J connectivity index is 2.23. The second kappa shape index (κ2) is 8.58. The second-order valence-electron chi connectivity index (χ2n) is 5.75. The lowest BCUT2D eigenvalue weighted by molar-refractivity contribution is -0.112. The molecule has 0 spiro atoms. The summed E-state index contributed by atoms with van der Waals surface area (Å²) in [6.07, 6.45) is 1.47. The summed E-state index contributed by atoms with van der Waals surface area (Å²) >= 11 is 0. The number of carbonyl (C=O) groups excluding carboxylic acids is 1. The molecule has 2 N–H and O–H groups in total. The number of carbonyl (C=O) groups is 1. The molecular weight excluding hydrogens is 332 g/mol. The quantitative estimate of drug-likeness (QED) is 0.469. The molecule has 0 saturated heterocycles. The molecule has 0 bridgehead atoms. The van der Waals surface area contributed by atoms with Gasteiger partial charge in [-0.1, -0.05) is 6.07 Å². The summed E-state index contributed by atoms with van der Waals surface area (Å²) < 4.78 is 11.0. The molecule has 26 heavy (non-hydrogen) atoms. The number of phenolic OH excluding ortho intramolecular Hbond substituents is 1. The average molecular weight is 352 g/mol. The number of rotatable bonds is 6. The van der Waals surface area contributed by atoms with E-state index in [9.17, 15) is 15.2 Å². The molecule has 2 aromatic rings. The van der Waals surface area contributed by atoms with Crippen LogP contribution in [-0.4, -0.2) is 24.2 Å². The van der Waals surface area contributed by atoms with E-state index in [1.165, 1.54) is 25.3 Å². The van der Waals surface area contributed by atoms with Gasteiger partial charge in [-0.05, 0) is 61.9 Å². The number of ether oxygens (including phenoxy) is 2. The number of hydrogen-bond acceptors (Lipinski definition) is 5. The molecule has 6 nitrogen and oxygen atoms in total. The molecule has 0 aliphatic rings. The van der Waals surface area contributed by atoms with Crippen LogP contribution in [0.1, 0.15) is 19.4 Å². The van der Waals surface area contributed by atoms with E-state index in [4.69, 9.17) is 9.47 Å². The number of methoxy groups -OCH3 is 1. The van der Waals surface area contributed by atoms with Gasteiger partial charge >= 0.3 is 0 Å². The zero-order valence-corrected chi connectivity index (χ0v) is 14.8. The molecule has 0 aromatic heterocycles. The van der Waals surface area contributed by atoms with E-state index in [0.29, 0.717) is 22.7 Å². The summed E-state index contributed by atoms with van der Waals surface area (Å²) in [5.74, 6) is 0.657. The van der Waals surface area contributed by atoms with Gasteiger partial charge in [0.15, 0.2) is 11.5 Å². The lowest BCUT2D eigenvalue weighted by Crippen LogP contribution is -2.13. The van der Waals surface area contributed by atoms with Gasteiger partial charge in [-0.25, -0.2) is 0 Å². The Morgan fingerprint density at radius 1 is 1.19 bits per heavy atom. The van der Waals surface area contributed by atoms with Crippen LogP contribution in [-0.2, 0) is 4.79 Å². The van der Waals surface area contributed by atoms with Crippen molar-refractivity contribution in [1.29, 1.82) is 5.26 Å². The summed E-state index contributed by atoms with van der Waals surface area (Å²) in [5.41, 5.74) is 1.06. The summed E-state index contributed by atoms with van der Waals surface area (Å²) in [7, 11) is 1.53. The van der Waals surface area contributed by atoms with Crippen molar-refractivity contribution in [2.45, 2.75) is 20.0 Å². The van der Waals surface area contributed by atoms with Crippen LogP contribution >= 0.6 is 0 Å². The first-order valence-electron chi connectivity index (χ1n) is 7.99. The molecule has 0 heterocycles. The Bertz CT molecular complexity index is 849. The summed E-state index contributed by atoms with van der Waals surface area (Å²) in [6, 6.07) is 13.1. The first-order valence-corrected chi connectivity index (χ1v) is 7.99. The smallest absolute Gasteiger partial charge is 0.266 e. The first-order chi connectivity index (χ1) is 12.4. The minimum absolute atomic E-state index is 0.00366. The minimum atomic E-state index is -0.542. The Hall–Kier alpha value is -3.46. The van der Waals surface area contributed by atoms with Gasteiger partial charge in [0.25, 0.3) is 5.91 Å². The van der Waals surface area contributed by atoms with Gasteiger partial charge in [0.1, 0.15) is 17.4 Å². The van der Waals surface area contributed by atoms with E-state index in [1.54, 1.807) is 30.3 Å². The molecule has 6 heteroatoms. The number of anilines is 1. The van der Waals surface area contributed by atoms with Gasteiger partial charge < -0.3 is 19.9 Å². The van der Waals surface area contributed by atoms with Crippen LogP contribution < -0.4 is 14.8 Å². The van der Waals surface area contributed by atoms with Crippen molar-refractivity contribution < 1.29 is 19.4 Å². The first kappa shape index (κ1) is 18.9. The molecule has 0 unspecified atom stereocenters. The number of hydrogen-bond donors (Lipinski definition) is 2. The minimum Gasteiger partial charge on any atom is -0.508 e. The highest BCUT2D eigenvalue weighted by molar-refractivity contribution is 6.09. The molecule has 0 fully saturated rings. The second-order valence-corrected chi connectivity index (χ2v) is 5.75. The number of amides is 1. The number of phenols is 1. The lowest BCUT2D eigenvalue weighted by atomic mass is 10.1. The Kier molecular flexibility index (Phi) is 6.23. The molecular formula is C20H20N2O4. The predicted molar refractivity (Wildman–Crippen MR) is 99.1 cm³/mol. The number of benzene rings is 2. The zero-order chi connectivity index (χ0) is 19.1. The molecule has 0 aliphatic carbocycles. The van der Waals surface area contributed by atoms with Crippen LogP contribution in [0.15, 0.2) is 48.0 Å². The maximum Gasteiger partial charge on any atom is 0.266 e. The van der Waals surface area contributed by atoms with Crippen LogP contribution in [0.25, 0.3) is 6.08 Å². The maximum absolute atomic E-state index is 12.3. The van der Waals surface area contributed by atoms with Crippen LogP contribution in [0.2, 0.25) is 0 Å². The highest BCUT2D eigenvalue weighted by Gasteiger charge is 2.12. The van der Waals surface area contributed by atoms with E-state index in [1.807, 2.05) is 19.9 Å². The van der Waals surface area contributed by atoms with Crippen molar-refractivity contribution in [3.63, 3.8) is 0 Å². The van der Waals surface area contributed by atoms with E-state index in [0.717, 1.165) is 0 Å². The van der Waals surface area contributed by atoms with Crippen molar-refractivity contribution in [1.82, 2.24) is 0 Å². The van der Waals surface area contributed by atoms with Crippen LogP contribution in [0.4, 0.5) is 5.69 Å². The largest absolute Gasteiger partial charge is 0.508 e. The molecule has 1 amide bonds. The molecule has 0 radical (unpaired) electrons. The SMILES string of the molecule is COc1cc(C=C(C#N)C(=O)Nc2ccc(O)cc2)ccc1OC(C)C. The van der Waals surface area contributed by atoms with Crippen molar-refractivity contribution in [2.24, 2.45) is 0 Å². The molecule has 0 aliphatic heterocycles. The Morgan fingerprint density at radius 2 is 1.88 bits per heavy atom. The van der Waals surface area contributed by atoms with Gasteiger partial charge in [0, 0.05) is 5.69 Å². The maximum atomic E-state index is 12.3. The van der Waals surface area contributed by atoms with Crippen molar-refractivity contribution in [3.05, 3.63) is 53.6 Å². The Labute approximate surface area is 152 Å². The van der Waals surface area contributed by atoms with E-state index >= 15 is 0 Å². The highest BCUT2D eigenvalue weighted by atomic mass is 16.5. The predicted octanol–water partition coefficient (Wildman–Crippen LogP) is 3.73. The number of nitriles is 1. The molecule has 2 aromatic carbocycles. The van der Waals surface area contributed by atoms with Crippen LogP contribution in [0, 0.1) is 11.3 Å². The fourth-order valence-electron chi connectivity index (χ4n) is 2.18. The number of aromatic hydroxyl groups is 1. The van der Waals surface area contributed by atoms with Crippen molar-refractivity contribution in [3.8, 4) is 23.3 Å². The highest BCUT2D eigenvalue weighted by Crippen LogP contribution is 2.29. The molecule has 0 saturated carbocycles. The lowest BCUT2D eigenvalue weighted by Gasteiger charge is -2.13. The van der Waals surface area contributed by atoms with Gasteiger partial charge in [-0.3, -0.25) is 4.79 Å². The third kappa shape index (κ3) is 5.02. The Morgan fingerprint density at radius 3 is 2.46 bits per heavy atom. The molecule has 2 rings (SSSR count). The zero-order valence-electron chi connectivity index (χ0n) is 14.8. The van der Waals surface area contributed by atoms with Gasteiger partial charge in [-0.15, -0.1) is 0 Å². The van der Waals surface area contributed by atoms with E-state index in [2.05, 4.69) is 5.32 Å². The third-order valence-electron chi connectivity index (χ3n) is 3.35. The van der Waals surface area contributed by atoms with Crippen LogP contribution in [0.5, 0.6) is 17.2 Å². The fourth-order valence-corrected chi connectivity index (χ4v) is 2.18. The van der Waals surface area contributed by atoms with Gasteiger partial charge in [-0.2, -0.15) is 5.26 Å². The van der Waals surface area contributed by atoms with E-state index in [-0.39, 0.29) is 17.4 Å². The monoisotopic (exact) mass is 352 g/mol. The summed E-state index contributed by atoms with van der Waals surface area (Å²) in [5, 5.41) is 21.2. The summed E-state index contributed by atoms with van der Waals surface area (Å²) in [4.78, 5) is 12.3. The molecule has 134 valence electrons. The standard InChI is InChI=1S/C20H20N2O4/c1-13(2)26-18-9-4-14(11-19(18)25-3)10-15(12-21)20(24)22-16-5-7-17(23)8-6-16/h4-11,13,23H,1-3H3,(H,22,24). The van der Waals surface area contributed by atoms with Crippen molar-refractivity contribution in [2.75, 3.05) is 12.4 Å². The van der Waals surface area contributed by atoms with Gasteiger partial charge in [0.05, 0.1) is 13.2 Å². The van der Waals surface area contributed by atoms with Crippen molar-refractivity contribution >= 4 is 17.7 Å². The number of nitrogens with zero attached hydrogens (tertiary/aromatic N) is 1. The van der Waals surface area contributed by atoms with E-state index < -0.39 is 5.91 Å². The average Bonchev–Trinajstić information content (AvgIpc) is 2.62. The normalized spacial score (nSPS) is 11.0. The fraction of sp³-hybridized carbons (Fsp3) is 0.200. The number of nitrogens with one attached hydrogen (secondary N) is 1. The third-order valence-corrected chi connectivity index (χ3v) is 3.35. The molecule has 0 atom stereocenters. The topological polar surface area (TPSA) is 91.6 Å². The van der Waals surface area contributed by atoms with Crippen LogP contribution in [0.3, 0.4) is 0 Å². The van der Waals surface area contributed by atoms with Gasteiger partial charge in [0.2, 0.25) is 0 Å².